The van der Waals surface area contributed by atoms with Crippen LogP contribution < -0.4 is 5.32 Å². The molecule has 0 radical (unpaired) electrons. The number of hydrogen-bond acceptors (Lipinski definition) is 2. The number of carbonyl (C=O) groups is 1. The number of nitrogens with one attached hydrogen (secondary N) is 1. The second-order valence-electron chi connectivity index (χ2n) is 4.48. The molecular formula is C13H12ClFN2O. The standard InChI is InChI=1S/C13H12ClFN2O/c14-10-4-3-9(7-11(10)15)17-12(18)13(8-16)5-1-2-6-13/h3-4,7H,1-2,5-6H2,(H,17,18). The lowest BCUT2D eigenvalue weighted by atomic mass is 9.87. The summed E-state index contributed by atoms with van der Waals surface area (Å²) >= 11 is 5.56. The Morgan fingerprint density at radius 3 is 2.67 bits per heavy atom. The fraction of sp³-hybridized carbons (Fsp3) is 0.385. The molecule has 18 heavy (non-hydrogen) atoms. The van der Waals surface area contributed by atoms with E-state index in [0.29, 0.717) is 18.5 Å². The minimum absolute atomic E-state index is 0.00358. The van der Waals surface area contributed by atoms with Gasteiger partial charge >= 0.3 is 0 Å². The molecule has 1 aromatic rings. The Balaban J connectivity index is 2.16. The minimum Gasteiger partial charge on any atom is -0.325 e. The van der Waals surface area contributed by atoms with E-state index in [1.807, 2.05) is 0 Å². The van der Waals surface area contributed by atoms with Crippen LogP contribution in [0.1, 0.15) is 25.7 Å². The second-order valence-corrected chi connectivity index (χ2v) is 4.89. The van der Waals surface area contributed by atoms with E-state index in [-0.39, 0.29) is 10.9 Å². The molecule has 0 spiro atoms. The lowest BCUT2D eigenvalue weighted by Crippen LogP contribution is -2.32. The summed E-state index contributed by atoms with van der Waals surface area (Å²) < 4.78 is 13.2. The normalized spacial score (nSPS) is 17.2. The molecule has 0 aromatic heterocycles. The van der Waals surface area contributed by atoms with Crippen LogP contribution in [-0.2, 0) is 4.79 Å². The zero-order valence-electron chi connectivity index (χ0n) is 9.67. The Morgan fingerprint density at radius 2 is 2.11 bits per heavy atom. The van der Waals surface area contributed by atoms with Gasteiger partial charge in [-0.05, 0) is 31.0 Å². The van der Waals surface area contributed by atoms with Gasteiger partial charge in [0.2, 0.25) is 5.91 Å². The van der Waals surface area contributed by atoms with Crippen LogP contribution in [0.4, 0.5) is 10.1 Å². The quantitative estimate of drug-likeness (QED) is 0.891. The van der Waals surface area contributed by atoms with E-state index in [9.17, 15) is 9.18 Å². The molecule has 1 N–H and O–H groups in total. The molecule has 3 nitrogen and oxygen atoms in total. The molecule has 1 fully saturated rings. The van der Waals surface area contributed by atoms with E-state index >= 15 is 0 Å². The number of anilines is 1. The number of nitriles is 1. The zero-order chi connectivity index (χ0) is 13.2. The van der Waals surface area contributed by atoms with Crippen LogP contribution in [0.15, 0.2) is 18.2 Å². The summed E-state index contributed by atoms with van der Waals surface area (Å²) in [5.41, 5.74) is -0.640. The molecule has 0 heterocycles. The molecule has 1 amide bonds. The van der Waals surface area contributed by atoms with Crippen molar-refractivity contribution in [2.24, 2.45) is 5.41 Å². The first-order chi connectivity index (χ1) is 8.57. The van der Waals surface area contributed by atoms with Crippen molar-refractivity contribution >= 4 is 23.2 Å². The van der Waals surface area contributed by atoms with Crippen molar-refractivity contribution in [1.82, 2.24) is 0 Å². The van der Waals surface area contributed by atoms with Gasteiger partial charge < -0.3 is 5.32 Å². The predicted octanol–water partition coefficient (Wildman–Crippen LogP) is 3.50. The third-order valence-corrected chi connectivity index (χ3v) is 3.59. The van der Waals surface area contributed by atoms with Gasteiger partial charge in [-0.25, -0.2) is 4.39 Å². The number of hydrogen-bond donors (Lipinski definition) is 1. The Bertz CT molecular complexity index is 518. The van der Waals surface area contributed by atoms with Crippen LogP contribution in [0.3, 0.4) is 0 Å². The predicted molar refractivity (Wildman–Crippen MR) is 66.6 cm³/mol. The minimum atomic E-state index is -0.962. The van der Waals surface area contributed by atoms with Crippen molar-refractivity contribution in [1.29, 1.82) is 5.26 Å². The van der Waals surface area contributed by atoms with Gasteiger partial charge in [-0.15, -0.1) is 0 Å². The van der Waals surface area contributed by atoms with Crippen molar-refractivity contribution in [2.45, 2.75) is 25.7 Å². The third kappa shape index (κ3) is 2.32. The molecule has 1 saturated carbocycles. The summed E-state index contributed by atoms with van der Waals surface area (Å²) in [6.45, 7) is 0. The lowest BCUT2D eigenvalue weighted by molar-refractivity contribution is -0.122. The summed E-state index contributed by atoms with van der Waals surface area (Å²) in [5.74, 6) is -0.948. The van der Waals surface area contributed by atoms with Gasteiger partial charge in [-0.2, -0.15) is 5.26 Å². The Labute approximate surface area is 110 Å². The highest BCUT2D eigenvalue weighted by molar-refractivity contribution is 6.30. The first-order valence-electron chi connectivity index (χ1n) is 5.75. The maximum atomic E-state index is 13.2. The highest BCUT2D eigenvalue weighted by Crippen LogP contribution is 2.38. The summed E-state index contributed by atoms with van der Waals surface area (Å²) in [6, 6.07) is 6.14. The van der Waals surface area contributed by atoms with E-state index in [2.05, 4.69) is 11.4 Å². The molecule has 0 aliphatic heterocycles. The van der Waals surface area contributed by atoms with Crippen LogP contribution in [-0.4, -0.2) is 5.91 Å². The van der Waals surface area contributed by atoms with Crippen LogP contribution in [0.25, 0.3) is 0 Å². The number of benzene rings is 1. The molecule has 0 unspecified atom stereocenters. The number of carbonyl (C=O) groups excluding carboxylic acids is 1. The molecule has 94 valence electrons. The number of rotatable bonds is 2. The summed E-state index contributed by atoms with van der Waals surface area (Å²) in [7, 11) is 0. The van der Waals surface area contributed by atoms with E-state index in [0.717, 1.165) is 18.9 Å². The highest BCUT2D eigenvalue weighted by Gasteiger charge is 2.41. The Morgan fingerprint density at radius 1 is 1.44 bits per heavy atom. The van der Waals surface area contributed by atoms with Gasteiger partial charge in [0.25, 0.3) is 0 Å². The van der Waals surface area contributed by atoms with E-state index in [1.165, 1.54) is 12.1 Å². The summed E-state index contributed by atoms with van der Waals surface area (Å²) in [5, 5.41) is 11.7. The number of halogens is 2. The van der Waals surface area contributed by atoms with E-state index in [4.69, 9.17) is 16.9 Å². The fourth-order valence-corrected chi connectivity index (χ4v) is 2.31. The Hall–Kier alpha value is -1.60. The molecular weight excluding hydrogens is 255 g/mol. The van der Waals surface area contributed by atoms with Crippen LogP contribution >= 0.6 is 11.6 Å². The SMILES string of the molecule is N#CC1(C(=O)Nc2ccc(Cl)c(F)c2)CCCC1. The van der Waals surface area contributed by atoms with Crippen LogP contribution in [0, 0.1) is 22.6 Å². The van der Waals surface area contributed by atoms with Crippen molar-refractivity contribution in [2.75, 3.05) is 5.32 Å². The van der Waals surface area contributed by atoms with Crippen LogP contribution in [0.2, 0.25) is 5.02 Å². The average molecular weight is 267 g/mol. The van der Waals surface area contributed by atoms with Crippen LogP contribution in [0.5, 0.6) is 0 Å². The van der Waals surface area contributed by atoms with Gasteiger partial charge in [0.15, 0.2) is 0 Å². The molecule has 5 heteroatoms. The first kappa shape index (κ1) is 12.8. The zero-order valence-corrected chi connectivity index (χ0v) is 10.4. The third-order valence-electron chi connectivity index (χ3n) is 3.28. The molecule has 2 rings (SSSR count). The Kier molecular flexibility index (Phi) is 3.53. The van der Waals surface area contributed by atoms with E-state index < -0.39 is 11.2 Å². The maximum absolute atomic E-state index is 13.2. The van der Waals surface area contributed by atoms with Crippen molar-refractivity contribution in [3.63, 3.8) is 0 Å². The number of nitrogens with zero attached hydrogens (tertiary/aromatic N) is 1. The summed E-state index contributed by atoms with van der Waals surface area (Å²) in [4.78, 5) is 12.1. The van der Waals surface area contributed by atoms with Gasteiger partial charge in [-0.3, -0.25) is 4.79 Å². The van der Waals surface area contributed by atoms with Crippen molar-refractivity contribution in [3.8, 4) is 6.07 Å². The average Bonchev–Trinajstić information content (AvgIpc) is 2.84. The van der Waals surface area contributed by atoms with Crippen molar-refractivity contribution < 1.29 is 9.18 Å². The smallest absolute Gasteiger partial charge is 0.244 e. The second kappa shape index (κ2) is 4.95. The highest BCUT2D eigenvalue weighted by atomic mass is 35.5. The molecule has 0 bridgehead atoms. The molecule has 0 atom stereocenters. The summed E-state index contributed by atoms with van der Waals surface area (Å²) in [6.07, 6.45) is 2.86. The topological polar surface area (TPSA) is 52.9 Å². The van der Waals surface area contributed by atoms with Gasteiger partial charge in [0, 0.05) is 5.69 Å². The van der Waals surface area contributed by atoms with Gasteiger partial charge in [0.1, 0.15) is 11.2 Å². The fourth-order valence-electron chi connectivity index (χ4n) is 2.19. The first-order valence-corrected chi connectivity index (χ1v) is 6.13. The lowest BCUT2D eigenvalue weighted by Gasteiger charge is -2.19. The molecule has 1 aromatic carbocycles. The van der Waals surface area contributed by atoms with Gasteiger partial charge in [0.05, 0.1) is 11.1 Å². The number of amides is 1. The monoisotopic (exact) mass is 266 g/mol. The molecule has 0 saturated heterocycles. The molecule has 1 aliphatic rings. The maximum Gasteiger partial charge on any atom is 0.244 e. The largest absolute Gasteiger partial charge is 0.325 e. The van der Waals surface area contributed by atoms with E-state index in [1.54, 1.807) is 0 Å². The molecule has 1 aliphatic carbocycles. The van der Waals surface area contributed by atoms with Crippen molar-refractivity contribution in [3.05, 3.63) is 29.0 Å². The van der Waals surface area contributed by atoms with Gasteiger partial charge in [-0.1, -0.05) is 24.4 Å².